The maximum Gasteiger partial charge on any atom is 0.280 e. The first-order valence-corrected chi connectivity index (χ1v) is 4.69. The molecule has 84 valence electrons. The van der Waals surface area contributed by atoms with Gasteiger partial charge in [-0.05, 0) is 13.0 Å². The maximum absolute atomic E-state index is 11.4. The summed E-state index contributed by atoms with van der Waals surface area (Å²) < 4.78 is 0. The van der Waals surface area contributed by atoms with Gasteiger partial charge >= 0.3 is 0 Å². The third-order valence-electron chi connectivity index (χ3n) is 1.74. The van der Waals surface area contributed by atoms with E-state index in [-0.39, 0.29) is 12.2 Å². The monoisotopic (exact) mass is 240 g/mol. The zero-order valence-electron chi connectivity index (χ0n) is 8.46. The molecular weight excluding hydrogens is 232 g/mol. The number of pyridine rings is 1. The summed E-state index contributed by atoms with van der Waals surface area (Å²) in [5.74, 6) is 1.46. The molecule has 0 saturated heterocycles. The van der Waals surface area contributed by atoms with Gasteiger partial charge in [0, 0.05) is 5.69 Å². The molecule has 2 N–H and O–H groups in total. The highest BCUT2D eigenvalue weighted by Crippen LogP contribution is 2.11. The van der Waals surface area contributed by atoms with Crippen molar-refractivity contribution in [2.75, 3.05) is 6.61 Å². The van der Waals surface area contributed by atoms with Crippen molar-refractivity contribution in [2.24, 2.45) is 0 Å². The largest absolute Gasteiger partial charge is 0.324 e. The van der Waals surface area contributed by atoms with Crippen LogP contribution in [0.5, 0.6) is 0 Å². The Bertz CT molecular complexity index is 502. The van der Waals surface area contributed by atoms with E-state index in [1.165, 1.54) is 6.07 Å². The number of H-pyrrole nitrogens is 1. The molecule has 1 aromatic heterocycles. The predicted molar refractivity (Wildman–Crippen MR) is 59.1 cm³/mol. The zero-order chi connectivity index (χ0) is 12.1. The Morgan fingerprint density at radius 2 is 2.44 bits per heavy atom. The highest BCUT2D eigenvalue weighted by molar-refractivity contribution is 6.31. The number of aryl methyl sites for hydroxylation is 1. The van der Waals surface area contributed by atoms with E-state index in [0.717, 1.165) is 0 Å². The van der Waals surface area contributed by atoms with Crippen LogP contribution >= 0.6 is 11.6 Å². The first-order valence-electron chi connectivity index (χ1n) is 4.31. The van der Waals surface area contributed by atoms with Gasteiger partial charge in [0.25, 0.3) is 11.5 Å². The number of aromatic nitrogens is 1. The minimum Gasteiger partial charge on any atom is -0.324 e. The lowest BCUT2D eigenvalue weighted by Crippen LogP contribution is -2.30. The predicted octanol–water partition coefficient (Wildman–Crippen LogP) is 0.631. The van der Waals surface area contributed by atoms with E-state index >= 15 is 0 Å². The van der Waals surface area contributed by atoms with Crippen LogP contribution < -0.4 is 11.0 Å². The molecule has 0 fully saturated rings. The molecular formula is C10H9ClN2O3. The van der Waals surface area contributed by atoms with Gasteiger partial charge in [-0.2, -0.15) is 0 Å². The number of carbonyl (C=O) groups excluding carboxylic acids is 1. The number of hydrogen-bond donors (Lipinski definition) is 2. The van der Waals surface area contributed by atoms with Crippen molar-refractivity contribution in [1.82, 2.24) is 10.5 Å². The fourth-order valence-electron chi connectivity index (χ4n) is 0.965. The smallest absolute Gasteiger partial charge is 0.280 e. The van der Waals surface area contributed by atoms with Crippen molar-refractivity contribution < 1.29 is 9.63 Å². The number of aromatic amines is 1. The Labute approximate surface area is 96.7 Å². The third-order valence-corrected chi connectivity index (χ3v) is 2.13. The van der Waals surface area contributed by atoms with Crippen LogP contribution in [-0.2, 0) is 4.84 Å². The summed E-state index contributed by atoms with van der Waals surface area (Å²) in [6, 6.07) is 1.27. The summed E-state index contributed by atoms with van der Waals surface area (Å²) >= 11 is 5.77. The van der Waals surface area contributed by atoms with Gasteiger partial charge in [-0.25, -0.2) is 5.48 Å². The van der Waals surface area contributed by atoms with Gasteiger partial charge in [0.05, 0.1) is 5.02 Å². The number of amides is 1. The van der Waals surface area contributed by atoms with Gasteiger partial charge in [0.1, 0.15) is 12.2 Å². The fourth-order valence-corrected chi connectivity index (χ4v) is 1.12. The lowest BCUT2D eigenvalue weighted by atomic mass is 10.2. The average Bonchev–Trinajstić information content (AvgIpc) is 2.23. The molecule has 0 saturated carbocycles. The highest BCUT2D eigenvalue weighted by atomic mass is 35.5. The lowest BCUT2D eigenvalue weighted by Gasteiger charge is -2.04. The maximum atomic E-state index is 11.4. The van der Waals surface area contributed by atoms with Gasteiger partial charge in [-0.3, -0.25) is 14.4 Å². The van der Waals surface area contributed by atoms with Gasteiger partial charge in [0.2, 0.25) is 0 Å². The number of rotatable bonds is 3. The molecule has 0 unspecified atom stereocenters. The van der Waals surface area contributed by atoms with Crippen LogP contribution in [0.4, 0.5) is 0 Å². The van der Waals surface area contributed by atoms with Crippen LogP contribution in [0.2, 0.25) is 5.02 Å². The second kappa shape index (κ2) is 5.35. The van der Waals surface area contributed by atoms with Gasteiger partial charge in [-0.1, -0.05) is 17.5 Å². The number of hydrogen-bond acceptors (Lipinski definition) is 3. The van der Waals surface area contributed by atoms with Crippen molar-refractivity contribution in [3.63, 3.8) is 0 Å². The first-order chi connectivity index (χ1) is 7.56. The van der Waals surface area contributed by atoms with Gasteiger partial charge in [-0.15, -0.1) is 6.42 Å². The summed E-state index contributed by atoms with van der Waals surface area (Å²) in [6.07, 6.45) is 4.91. The fraction of sp³-hybridized carbons (Fsp3) is 0.200. The Hall–Kier alpha value is -1.77. The van der Waals surface area contributed by atoms with E-state index in [4.69, 9.17) is 18.0 Å². The quantitative estimate of drug-likeness (QED) is 0.463. The molecule has 0 aliphatic rings. The number of halogens is 1. The van der Waals surface area contributed by atoms with E-state index in [1.54, 1.807) is 6.92 Å². The van der Waals surface area contributed by atoms with Crippen LogP contribution in [0, 0.1) is 19.3 Å². The summed E-state index contributed by atoms with van der Waals surface area (Å²) in [7, 11) is 0. The minimum atomic E-state index is -0.696. The molecule has 1 rings (SSSR count). The SMILES string of the molecule is C#CCONC(=O)c1cc(Cl)c(C)[nH]c1=O. The molecule has 0 aliphatic carbocycles. The summed E-state index contributed by atoms with van der Waals surface area (Å²) in [5.41, 5.74) is 1.85. The normalized spacial score (nSPS) is 9.56. The molecule has 0 radical (unpaired) electrons. The molecule has 0 aromatic carbocycles. The second-order valence-corrected chi connectivity index (χ2v) is 3.32. The van der Waals surface area contributed by atoms with Crippen LogP contribution in [0.3, 0.4) is 0 Å². The van der Waals surface area contributed by atoms with Crippen LogP contribution in [0.15, 0.2) is 10.9 Å². The minimum absolute atomic E-state index is 0.0801. The third kappa shape index (κ3) is 2.86. The van der Waals surface area contributed by atoms with E-state index < -0.39 is 11.5 Å². The summed E-state index contributed by atoms with van der Waals surface area (Å²) in [6.45, 7) is 1.55. The van der Waals surface area contributed by atoms with Crippen molar-refractivity contribution in [3.8, 4) is 12.3 Å². The van der Waals surface area contributed by atoms with Gasteiger partial charge < -0.3 is 4.98 Å². The summed E-state index contributed by atoms with van der Waals surface area (Å²) in [5, 5.41) is 0.293. The first kappa shape index (κ1) is 12.3. The number of carbonyl (C=O) groups is 1. The van der Waals surface area contributed by atoms with E-state index in [1.807, 2.05) is 5.48 Å². The molecule has 1 heterocycles. The number of nitrogens with one attached hydrogen (secondary N) is 2. The standard InChI is InChI=1S/C10H9ClN2O3/c1-3-4-16-13-10(15)7-5-8(11)6(2)12-9(7)14/h1,5H,4H2,2H3,(H,12,14)(H,13,15). The second-order valence-electron chi connectivity index (χ2n) is 2.91. The molecule has 6 heteroatoms. The molecule has 0 atom stereocenters. The van der Waals surface area contributed by atoms with Crippen LogP contribution in [0.1, 0.15) is 16.1 Å². The van der Waals surface area contributed by atoms with E-state index in [0.29, 0.717) is 10.7 Å². The number of terminal acetylenes is 1. The molecule has 1 aromatic rings. The lowest BCUT2D eigenvalue weighted by molar-refractivity contribution is 0.0436. The van der Waals surface area contributed by atoms with E-state index in [2.05, 4.69) is 15.7 Å². The molecule has 0 aliphatic heterocycles. The van der Waals surface area contributed by atoms with Gasteiger partial charge in [0.15, 0.2) is 0 Å². The molecule has 0 bridgehead atoms. The Morgan fingerprint density at radius 1 is 1.75 bits per heavy atom. The Balaban J connectivity index is 2.89. The van der Waals surface area contributed by atoms with Crippen molar-refractivity contribution >= 4 is 17.5 Å². The Kier molecular flexibility index (Phi) is 4.11. The van der Waals surface area contributed by atoms with Crippen molar-refractivity contribution in [1.29, 1.82) is 0 Å². The molecule has 5 nitrogen and oxygen atoms in total. The molecule has 1 amide bonds. The Morgan fingerprint density at radius 3 is 3.06 bits per heavy atom. The van der Waals surface area contributed by atoms with Crippen LogP contribution in [-0.4, -0.2) is 17.5 Å². The highest BCUT2D eigenvalue weighted by Gasteiger charge is 2.12. The topological polar surface area (TPSA) is 71.2 Å². The van der Waals surface area contributed by atoms with Crippen LogP contribution in [0.25, 0.3) is 0 Å². The number of hydroxylamine groups is 1. The van der Waals surface area contributed by atoms with Crippen molar-refractivity contribution in [3.05, 3.63) is 32.7 Å². The average molecular weight is 241 g/mol. The van der Waals surface area contributed by atoms with E-state index in [9.17, 15) is 9.59 Å². The molecule has 16 heavy (non-hydrogen) atoms. The molecule has 0 spiro atoms. The van der Waals surface area contributed by atoms with Crippen molar-refractivity contribution in [2.45, 2.75) is 6.92 Å². The zero-order valence-corrected chi connectivity index (χ0v) is 9.22. The summed E-state index contributed by atoms with van der Waals surface area (Å²) in [4.78, 5) is 29.8.